The molecule has 2 saturated heterocycles. The minimum absolute atomic E-state index is 0.349. The number of benzene rings is 2. The molecule has 5 rings (SSSR count). The molecule has 0 amide bonds. The van der Waals surface area contributed by atoms with Gasteiger partial charge in [0.25, 0.3) is 0 Å². The van der Waals surface area contributed by atoms with Gasteiger partial charge in [-0.1, -0.05) is 45.0 Å². The number of aryl methyl sites for hydroxylation is 1. The van der Waals surface area contributed by atoms with E-state index in [4.69, 9.17) is 16.0 Å². The number of rotatable bonds is 6. The summed E-state index contributed by atoms with van der Waals surface area (Å²) in [7, 11) is 0. The van der Waals surface area contributed by atoms with Crippen molar-refractivity contribution in [3.8, 4) is 0 Å². The predicted molar refractivity (Wildman–Crippen MR) is 165 cm³/mol. The molecule has 41 heavy (non-hydrogen) atoms. The second-order valence-electron chi connectivity index (χ2n) is 12.9. The minimum Gasteiger partial charge on any atom is -0.456 e. The van der Waals surface area contributed by atoms with Gasteiger partial charge in [0.1, 0.15) is 5.60 Å². The minimum atomic E-state index is -0.623. The van der Waals surface area contributed by atoms with Crippen molar-refractivity contribution >= 4 is 28.2 Å². The van der Waals surface area contributed by atoms with E-state index in [-0.39, 0.29) is 5.97 Å². The quantitative estimate of drug-likeness (QED) is 0.265. The fourth-order valence-electron chi connectivity index (χ4n) is 6.37. The smallest absolute Gasteiger partial charge is 0.341 e. The molecule has 2 aliphatic rings. The lowest BCUT2D eigenvalue weighted by Gasteiger charge is -2.41. The second kappa shape index (κ2) is 11.5. The van der Waals surface area contributed by atoms with Crippen LogP contribution in [0.5, 0.6) is 0 Å². The summed E-state index contributed by atoms with van der Waals surface area (Å²) in [6, 6.07) is 12.9. The largest absolute Gasteiger partial charge is 0.456 e. The van der Waals surface area contributed by atoms with Crippen LogP contribution in [0.25, 0.3) is 15.7 Å². The zero-order valence-corrected chi connectivity index (χ0v) is 25.5. The lowest BCUT2D eigenvalue weighted by Crippen LogP contribution is -2.49. The maximum atomic E-state index is 13.6. The van der Waals surface area contributed by atoms with Gasteiger partial charge < -0.3 is 19.4 Å². The van der Waals surface area contributed by atoms with E-state index in [1.807, 2.05) is 32.9 Å². The first kappa shape index (κ1) is 29.2. The summed E-state index contributed by atoms with van der Waals surface area (Å²) in [5.41, 5.74) is 5.31. The van der Waals surface area contributed by atoms with E-state index in [1.165, 1.54) is 11.3 Å². The van der Waals surface area contributed by atoms with Crippen LogP contribution in [0.3, 0.4) is 0 Å². The molecule has 2 aliphatic heterocycles. The van der Waals surface area contributed by atoms with Crippen LogP contribution in [0, 0.1) is 6.57 Å². The summed E-state index contributed by atoms with van der Waals surface area (Å²) in [4.78, 5) is 25.9. The number of hydrogen-bond acceptors (Lipinski definition) is 5. The number of aromatic nitrogens is 1. The highest BCUT2D eigenvalue weighted by molar-refractivity contribution is 6.07. The standard InChI is InChI=1S/C34H44N4O3/c1-8-23-9-10-24(21-29(23)38-15-13-26(14-16-38)37-17-19-40-20-18-37)34(5,6)31-30(32(39)41-33(2,3)4)27-12-11-25(35-7)22-28(27)36-31/h9-12,21-22,26,36H,8,13-20H2,1-6H3. The SMILES string of the molecule is [C-]#[N+]c1ccc2c(C(=O)OC(C)(C)C)c(C(C)(C)c3ccc(CC)c(N4CCC(N5CCOCC5)CC4)c3)[nH]c2c1. The number of hydrogen-bond donors (Lipinski definition) is 1. The number of piperidine rings is 1. The predicted octanol–water partition coefficient (Wildman–Crippen LogP) is 6.86. The van der Waals surface area contributed by atoms with Crippen LogP contribution in [0.1, 0.15) is 81.6 Å². The number of anilines is 1. The monoisotopic (exact) mass is 556 g/mol. The summed E-state index contributed by atoms with van der Waals surface area (Å²) < 4.78 is 11.5. The van der Waals surface area contributed by atoms with Gasteiger partial charge in [0.15, 0.2) is 5.69 Å². The molecule has 3 heterocycles. The van der Waals surface area contributed by atoms with Gasteiger partial charge >= 0.3 is 5.97 Å². The topological polar surface area (TPSA) is 62.2 Å². The Bertz CT molecular complexity index is 1450. The third kappa shape index (κ3) is 6.00. The number of fused-ring (bicyclic) bond motifs is 1. The van der Waals surface area contributed by atoms with Gasteiger partial charge in [0.05, 0.1) is 25.3 Å². The van der Waals surface area contributed by atoms with Crippen molar-refractivity contribution in [2.75, 3.05) is 44.3 Å². The van der Waals surface area contributed by atoms with Crippen molar-refractivity contribution in [1.82, 2.24) is 9.88 Å². The highest BCUT2D eigenvalue weighted by Gasteiger charge is 2.35. The Morgan fingerprint density at radius 1 is 1.05 bits per heavy atom. The van der Waals surface area contributed by atoms with Gasteiger partial charge in [0, 0.05) is 59.9 Å². The van der Waals surface area contributed by atoms with Gasteiger partial charge in [-0.3, -0.25) is 4.90 Å². The van der Waals surface area contributed by atoms with E-state index in [9.17, 15) is 4.79 Å². The Morgan fingerprint density at radius 2 is 1.76 bits per heavy atom. The molecule has 0 spiro atoms. The number of carbonyl (C=O) groups excluding carboxylic acids is 1. The Kier molecular flexibility index (Phi) is 8.18. The van der Waals surface area contributed by atoms with Crippen LogP contribution in [0.2, 0.25) is 0 Å². The van der Waals surface area contributed by atoms with Gasteiger partial charge in [-0.05, 0) is 63.3 Å². The summed E-state index contributed by atoms with van der Waals surface area (Å²) in [6.07, 6.45) is 3.28. The molecule has 3 aromatic rings. The van der Waals surface area contributed by atoms with E-state index in [0.29, 0.717) is 17.3 Å². The van der Waals surface area contributed by atoms with Crippen LogP contribution in [0.4, 0.5) is 11.4 Å². The first-order valence-corrected chi connectivity index (χ1v) is 15.0. The molecule has 7 nitrogen and oxygen atoms in total. The first-order valence-electron chi connectivity index (χ1n) is 15.0. The van der Waals surface area contributed by atoms with E-state index >= 15 is 0 Å². The number of carbonyl (C=O) groups is 1. The van der Waals surface area contributed by atoms with E-state index in [1.54, 1.807) is 6.07 Å². The molecule has 0 aliphatic carbocycles. The van der Waals surface area contributed by atoms with E-state index in [2.05, 4.69) is 58.6 Å². The van der Waals surface area contributed by atoms with Crippen molar-refractivity contribution in [3.63, 3.8) is 0 Å². The number of ether oxygens (including phenoxy) is 2. The van der Waals surface area contributed by atoms with Crippen LogP contribution < -0.4 is 4.90 Å². The number of nitrogens with zero attached hydrogens (tertiary/aromatic N) is 3. The molecule has 1 N–H and O–H groups in total. The normalized spacial score (nSPS) is 17.5. The van der Waals surface area contributed by atoms with Gasteiger partial charge in [-0.25, -0.2) is 9.64 Å². The van der Waals surface area contributed by atoms with Crippen LogP contribution in [-0.4, -0.2) is 66.9 Å². The molecule has 0 radical (unpaired) electrons. The van der Waals surface area contributed by atoms with Gasteiger partial charge in [-0.15, -0.1) is 0 Å². The number of aromatic amines is 1. The zero-order chi connectivity index (χ0) is 29.4. The van der Waals surface area contributed by atoms with E-state index in [0.717, 1.165) is 80.8 Å². The molecule has 1 aromatic heterocycles. The summed E-state index contributed by atoms with van der Waals surface area (Å²) in [5, 5.41) is 0.783. The second-order valence-corrected chi connectivity index (χ2v) is 12.9. The first-order chi connectivity index (χ1) is 19.5. The van der Waals surface area contributed by atoms with E-state index < -0.39 is 11.0 Å². The molecule has 0 bridgehead atoms. The average Bonchev–Trinajstić information content (AvgIpc) is 3.36. The van der Waals surface area contributed by atoms with Gasteiger partial charge in [-0.2, -0.15) is 0 Å². The highest BCUT2D eigenvalue weighted by Crippen LogP contribution is 2.40. The number of morpholine rings is 1. The van der Waals surface area contributed by atoms with Crippen molar-refractivity contribution in [2.45, 2.75) is 77.9 Å². The Labute approximate surface area is 244 Å². The fraction of sp³-hybridized carbons (Fsp3) is 0.529. The Morgan fingerprint density at radius 3 is 2.39 bits per heavy atom. The maximum Gasteiger partial charge on any atom is 0.341 e. The highest BCUT2D eigenvalue weighted by atomic mass is 16.6. The number of H-pyrrole nitrogens is 1. The Balaban J connectivity index is 1.51. The molecular weight excluding hydrogens is 512 g/mol. The molecule has 7 heteroatoms. The third-order valence-electron chi connectivity index (χ3n) is 8.69. The lowest BCUT2D eigenvalue weighted by molar-refractivity contribution is 0.00695. The maximum absolute atomic E-state index is 13.6. The molecule has 218 valence electrons. The van der Waals surface area contributed by atoms with Crippen LogP contribution >= 0.6 is 0 Å². The average molecular weight is 557 g/mol. The summed E-state index contributed by atoms with van der Waals surface area (Å²) in [5.74, 6) is -0.349. The van der Waals surface area contributed by atoms with Crippen molar-refractivity contribution in [1.29, 1.82) is 0 Å². The Hall–Kier alpha value is -3.34. The number of nitrogens with one attached hydrogen (secondary N) is 1. The molecule has 0 unspecified atom stereocenters. The molecule has 2 aromatic carbocycles. The zero-order valence-electron chi connectivity index (χ0n) is 25.5. The van der Waals surface area contributed by atoms with Crippen molar-refractivity contribution in [3.05, 3.63) is 70.2 Å². The van der Waals surface area contributed by atoms with Gasteiger partial charge in [0.2, 0.25) is 0 Å². The van der Waals surface area contributed by atoms with Crippen molar-refractivity contribution in [2.24, 2.45) is 0 Å². The molecule has 2 fully saturated rings. The fourth-order valence-corrected chi connectivity index (χ4v) is 6.37. The molecule has 0 atom stereocenters. The van der Waals surface area contributed by atoms with Crippen LogP contribution in [0.15, 0.2) is 36.4 Å². The summed E-state index contributed by atoms with van der Waals surface area (Å²) in [6.45, 7) is 25.5. The molecule has 0 saturated carbocycles. The summed E-state index contributed by atoms with van der Waals surface area (Å²) >= 11 is 0. The number of esters is 1. The van der Waals surface area contributed by atoms with Crippen LogP contribution in [-0.2, 0) is 21.3 Å². The lowest BCUT2D eigenvalue weighted by atomic mass is 9.78. The van der Waals surface area contributed by atoms with Crippen molar-refractivity contribution < 1.29 is 14.3 Å². The molecular formula is C34H44N4O3. The third-order valence-corrected chi connectivity index (χ3v) is 8.69.